The van der Waals surface area contributed by atoms with Crippen LogP contribution in [0.25, 0.3) is 22.3 Å². The smallest absolute Gasteiger partial charge is 0.187 e. The van der Waals surface area contributed by atoms with Gasteiger partial charge in [-0.25, -0.2) is 8.78 Å². The average Bonchev–Trinajstić information content (AvgIpc) is 3.02. The van der Waals surface area contributed by atoms with E-state index in [0.29, 0.717) is 40.1 Å². The topological polar surface area (TPSA) is 105 Å². The van der Waals surface area contributed by atoms with E-state index in [9.17, 15) is 19.1 Å². The van der Waals surface area contributed by atoms with Gasteiger partial charge in [0.1, 0.15) is 5.76 Å². The molecule has 0 radical (unpaired) electrons. The summed E-state index contributed by atoms with van der Waals surface area (Å²) in [5, 5.41) is 25.9. The molecule has 1 heterocycles. The van der Waals surface area contributed by atoms with Crippen LogP contribution in [-0.2, 0) is 6.42 Å². The lowest BCUT2D eigenvalue weighted by Crippen LogP contribution is -2.16. The molecule has 29 heavy (non-hydrogen) atoms. The second kappa shape index (κ2) is 7.90. The molecule has 0 spiro atoms. The molecule has 4 N–H and O–H groups in total. The van der Waals surface area contributed by atoms with Gasteiger partial charge in [0.15, 0.2) is 23.2 Å². The molecule has 3 aromatic rings. The fraction of sp³-hybridized carbons (Fsp3) is 0.238. The molecule has 0 saturated carbocycles. The van der Waals surface area contributed by atoms with Crippen LogP contribution in [-0.4, -0.2) is 21.3 Å². The quantitative estimate of drug-likeness (QED) is 0.250. The number of aromatic nitrogens is 1. The van der Waals surface area contributed by atoms with Gasteiger partial charge in [-0.1, -0.05) is 29.7 Å². The van der Waals surface area contributed by atoms with Crippen LogP contribution in [0.5, 0.6) is 5.75 Å². The van der Waals surface area contributed by atoms with Crippen molar-refractivity contribution in [1.29, 1.82) is 0 Å². The van der Waals surface area contributed by atoms with Crippen LogP contribution < -0.4 is 5.73 Å². The minimum atomic E-state index is -1.09. The zero-order valence-electron chi connectivity index (χ0n) is 16.3. The molecule has 152 valence electrons. The lowest BCUT2D eigenvalue weighted by Gasteiger charge is -2.17. The van der Waals surface area contributed by atoms with E-state index in [-0.39, 0.29) is 11.4 Å². The Kier molecular flexibility index (Phi) is 5.54. The number of oxime groups is 1. The Morgan fingerprint density at radius 2 is 1.79 bits per heavy atom. The normalized spacial score (nSPS) is 11.8. The van der Waals surface area contributed by atoms with Gasteiger partial charge in [0.2, 0.25) is 0 Å². The van der Waals surface area contributed by atoms with Crippen molar-refractivity contribution < 1.29 is 23.6 Å². The molecule has 0 aliphatic rings. The van der Waals surface area contributed by atoms with E-state index in [1.54, 1.807) is 26.0 Å². The number of aromatic hydroxyl groups is 1. The van der Waals surface area contributed by atoms with Gasteiger partial charge < -0.3 is 20.6 Å². The first-order valence-corrected chi connectivity index (χ1v) is 9.04. The lowest BCUT2D eigenvalue weighted by atomic mass is 9.86. The molecule has 0 fully saturated rings. The number of hydrogen-bond acceptors (Lipinski definition) is 5. The van der Waals surface area contributed by atoms with Gasteiger partial charge in [0.05, 0.1) is 5.69 Å². The second-order valence-electron chi connectivity index (χ2n) is 6.79. The van der Waals surface area contributed by atoms with Gasteiger partial charge in [-0.2, -0.15) is 0 Å². The highest BCUT2D eigenvalue weighted by atomic mass is 19.1. The van der Waals surface area contributed by atoms with Crippen molar-refractivity contribution in [3.8, 4) is 28.0 Å². The minimum Gasteiger partial charge on any atom is -0.503 e. The number of benzene rings is 2. The highest BCUT2D eigenvalue weighted by Gasteiger charge is 2.24. The molecule has 0 amide bonds. The van der Waals surface area contributed by atoms with Crippen LogP contribution in [0.2, 0.25) is 0 Å². The van der Waals surface area contributed by atoms with E-state index in [2.05, 4.69) is 10.3 Å². The third-order valence-electron chi connectivity index (χ3n) is 4.73. The predicted octanol–water partition coefficient (Wildman–Crippen LogP) is 4.66. The molecule has 0 aliphatic heterocycles. The molecule has 3 rings (SSSR count). The fourth-order valence-corrected chi connectivity index (χ4v) is 3.45. The summed E-state index contributed by atoms with van der Waals surface area (Å²) in [7, 11) is 0. The Morgan fingerprint density at radius 1 is 1.14 bits per heavy atom. The van der Waals surface area contributed by atoms with Gasteiger partial charge in [-0.15, -0.1) is 0 Å². The van der Waals surface area contributed by atoms with E-state index in [1.807, 2.05) is 6.92 Å². The maximum atomic E-state index is 14.1. The van der Waals surface area contributed by atoms with Crippen molar-refractivity contribution in [2.75, 3.05) is 0 Å². The number of phenols is 1. The zero-order valence-corrected chi connectivity index (χ0v) is 16.3. The maximum Gasteiger partial charge on any atom is 0.187 e. The molecule has 0 aliphatic carbocycles. The largest absolute Gasteiger partial charge is 0.503 e. The summed E-state index contributed by atoms with van der Waals surface area (Å²) >= 11 is 0. The molecule has 0 saturated heterocycles. The number of amidine groups is 1. The van der Waals surface area contributed by atoms with Crippen LogP contribution in [0, 0.1) is 25.5 Å². The molecule has 2 aromatic carbocycles. The van der Waals surface area contributed by atoms with Crippen molar-refractivity contribution in [2.24, 2.45) is 10.9 Å². The third kappa shape index (κ3) is 3.65. The van der Waals surface area contributed by atoms with Gasteiger partial charge in [0, 0.05) is 16.7 Å². The Labute approximate surface area is 166 Å². The number of aryl methyl sites for hydroxylation is 3. The number of rotatable bonds is 5. The van der Waals surface area contributed by atoms with Gasteiger partial charge in [-0.05, 0) is 55.2 Å². The van der Waals surface area contributed by atoms with E-state index in [4.69, 9.17) is 10.3 Å². The number of nitrogens with two attached hydrogens (primary N) is 1. The highest BCUT2D eigenvalue weighted by molar-refractivity contribution is 6.07. The van der Waals surface area contributed by atoms with E-state index < -0.39 is 17.4 Å². The molecular formula is C21H21F2N3O3. The summed E-state index contributed by atoms with van der Waals surface area (Å²) in [6, 6.07) is 5.66. The summed E-state index contributed by atoms with van der Waals surface area (Å²) in [5.41, 5.74) is 9.42. The van der Waals surface area contributed by atoms with Crippen molar-refractivity contribution >= 4 is 5.84 Å². The molecule has 0 atom stereocenters. The minimum absolute atomic E-state index is 0.154. The number of halogens is 2. The number of nitrogens with zero attached hydrogens (tertiary/aromatic N) is 2. The molecule has 0 bridgehead atoms. The van der Waals surface area contributed by atoms with Gasteiger partial charge >= 0.3 is 0 Å². The van der Waals surface area contributed by atoms with Crippen LogP contribution in [0.4, 0.5) is 8.78 Å². The average molecular weight is 401 g/mol. The first-order valence-electron chi connectivity index (χ1n) is 9.04. The fourth-order valence-electron chi connectivity index (χ4n) is 3.45. The first-order chi connectivity index (χ1) is 13.8. The van der Waals surface area contributed by atoms with Crippen LogP contribution in [0.15, 0.2) is 33.9 Å². The second-order valence-corrected chi connectivity index (χ2v) is 6.79. The van der Waals surface area contributed by atoms with Crippen LogP contribution >= 0.6 is 0 Å². The molecular weight excluding hydrogens is 380 g/mol. The number of hydrogen-bond donors (Lipinski definition) is 3. The highest BCUT2D eigenvalue weighted by Crippen LogP contribution is 2.41. The summed E-state index contributed by atoms with van der Waals surface area (Å²) in [6.07, 6.45) is 1.49. The van der Waals surface area contributed by atoms with Crippen molar-refractivity contribution in [3.05, 3.63) is 58.5 Å². The van der Waals surface area contributed by atoms with E-state index in [1.165, 1.54) is 0 Å². The zero-order chi connectivity index (χ0) is 21.3. The Hall–Kier alpha value is -3.42. The molecule has 6 nitrogen and oxygen atoms in total. The summed E-state index contributed by atoms with van der Waals surface area (Å²) < 4.78 is 33.5. The maximum absolute atomic E-state index is 14.1. The summed E-state index contributed by atoms with van der Waals surface area (Å²) in [4.78, 5) is 0. The van der Waals surface area contributed by atoms with E-state index in [0.717, 1.165) is 24.1 Å². The van der Waals surface area contributed by atoms with Gasteiger partial charge in [0.25, 0.3) is 0 Å². The Morgan fingerprint density at radius 3 is 2.31 bits per heavy atom. The Bertz CT molecular complexity index is 1060. The standard InChI is InChI=1S/C21H21F2N3O3/c1-4-5-12-6-14(13-8-16(22)20(27)17(23)9-13)19(15(7-12)21(24)25-28)18-10(2)26-29-11(18)3/h6-9,27-28H,4-5H2,1-3H3,(H2,24,25). The number of phenolic OH excluding ortho intramolecular Hbond substituents is 1. The van der Waals surface area contributed by atoms with Crippen molar-refractivity contribution in [3.63, 3.8) is 0 Å². The van der Waals surface area contributed by atoms with Crippen molar-refractivity contribution in [2.45, 2.75) is 33.6 Å². The van der Waals surface area contributed by atoms with Crippen molar-refractivity contribution in [1.82, 2.24) is 5.16 Å². The molecule has 1 aromatic heterocycles. The van der Waals surface area contributed by atoms with Crippen LogP contribution in [0.1, 0.15) is 35.9 Å². The SMILES string of the molecule is CCCc1cc(C(N)=NO)c(-c2c(C)noc2C)c(-c2cc(F)c(O)c(F)c2)c1. The molecule has 8 heteroatoms. The first kappa shape index (κ1) is 20.3. The van der Waals surface area contributed by atoms with E-state index >= 15 is 0 Å². The monoisotopic (exact) mass is 401 g/mol. The summed E-state index contributed by atoms with van der Waals surface area (Å²) in [5.74, 6) is -2.90. The Balaban J connectivity index is 2.47. The van der Waals surface area contributed by atoms with Crippen LogP contribution in [0.3, 0.4) is 0 Å². The van der Waals surface area contributed by atoms with Gasteiger partial charge in [-0.3, -0.25) is 0 Å². The third-order valence-corrected chi connectivity index (χ3v) is 4.73. The predicted molar refractivity (Wildman–Crippen MR) is 105 cm³/mol. The lowest BCUT2D eigenvalue weighted by molar-refractivity contribution is 0.318. The molecule has 0 unspecified atom stereocenters. The summed E-state index contributed by atoms with van der Waals surface area (Å²) in [6.45, 7) is 5.42.